The molecule has 3 N–H and O–H groups in total. The third-order valence-corrected chi connectivity index (χ3v) is 15.7. The largest absolute Gasteiger partial charge is 0.369 e. The Labute approximate surface area is 411 Å². The van der Waals surface area contributed by atoms with Gasteiger partial charge in [-0.3, -0.25) is 49.1 Å². The van der Waals surface area contributed by atoms with Crippen LogP contribution in [-0.2, 0) is 14.4 Å². The molecule has 11 rings (SSSR count). The Hall–Kier alpha value is -7.10. The van der Waals surface area contributed by atoms with Gasteiger partial charge in [0.1, 0.15) is 17.6 Å². The molecule has 3 aromatic heterocycles. The molecule has 6 aliphatic rings. The minimum absolute atomic E-state index is 0.0980. The topological polar surface area (TPSA) is 217 Å². The number of fused-ring (bicyclic) bond motifs is 3. The number of benzene rings is 2. The van der Waals surface area contributed by atoms with Crippen LogP contribution < -0.4 is 25.3 Å². The van der Waals surface area contributed by atoms with Gasteiger partial charge in [0, 0.05) is 119 Å². The van der Waals surface area contributed by atoms with Crippen LogP contribution in [0.3, 0.4) is 0 Å². The second-order valence-corrected chi connectivity index (χ2v) is 19.9. The Bertz CT molecular complexity index is 2950. The standard InChI is InChI=1S/C50H60N16O5/c1-30-28-64(42-25-34(11-14-51-42)45-39-26-35(5-8-40(39)54-55-45)52-47(69)44-31(2)59(4)50-56-57-58-66(50)32(44)3)24-23-62(30)20-17-60-15-12-33(13-16-60)29-61-18-21-63(22-19-61)36-6-7-37-38(27-36)49(71)65(48(37)70)41-9-10-43(67)53-46(41)68/h5-8,11,14,25-27,30,32-33,41H,9-10,12-13,15-24,28-29H2,1-4H3,(H,52,69)(H,54,55)(H,53,67,68)/t30-,32?,41?/m0/s1. The van der Waals surface area contributed by atoms with Crippen LogP contribution in [0, 0.1) is 5.92 Å². The summed E-state index contributed by atoms with van der Waals surface area (Å²) in [6, 6.07) is 14.4. The van der Waals surface area contributed by atoms with Gasteiger partial charge in [-0.1, -0.05) is 5.10 Å². The first-order chi connectivity index (χ1) is 34.4. The molecule has 4 fully saturated rings. The van der Waals surface area contributed by atoms with Crippen LogP contribution in [0.2, 0.25) is 0 Å². The summed E-state index contributed by atoms with van der Waals surface area (Å²) in [6.07, 6.45) is 4.48. The Morgan fingerprint density at radius 2 is 1.62 bits per heavy atom. The number of allylic oxidation sites excluding steroid dienone is 1. The quantitative estimate of drug-likeness (QED) is 0.162. The fraction of sp³-hybridized carbons (Fsp3) is 0.480. The fourth-order valence-corrected chi connectivity index (χ4v) is 11.4. The van der Waals surface area contributed by atoms with E-state index in [1.54, 1.807) is 16.8 Å². The number of hydrogen-bond acceptors (Lipinski definition) is 16. The van der Waals surface area contributed by atoms with Gasteiger partial charge >= 0.3 is 0 Å². The smallest absolute Gasteiger partial charge is 0.262 e. The molecule has 2 unspecified atom stereocenters. The van der Waals surface area contributed by atoms with Crippen LogP contribution in [0.4, 0.5) is 23.1 Å². The molecule has 0 aliphatic carbocycles. The van der Waals surface area contributed by atoms with Crippen molar-refractivity contribution in [2.45, 2.75) is 64.6 Å². The first kappa shape index (κ1) is 46.3. The van der Waals surface area contributed by atoms with E-state index in [0.29, 0.717) is 40.3 Å². The second kappa shape index (κ2) is 18.9. The number of imide groups is 2. The van der Waals surface area contributed by atoms with Gasteiger partial charge in [-0.2, -0.15) is 5.10 Å². The molecular weight excluding hydrogens is 905 g/mol. The molecule has 5 amide bonds. The summed E-state index contributed by atoms with van der Waals surface area (Å²) >= 11 is 0. The Kier molecular flexibility index (Phi) is 12.3. The van der Waals surface area contributed by atoms with Gasteiger partial charge in [0.05, 0.1) is 28.3 Å². The van der Waals surface area contributed by atoms with E-state index >= 15 is 0 Å². The zero-order valence-corrected chi connectivity index (χ0v) is 40.7. The van der Waals surface area contributed by atoms with E-state index < -0.39 is 23.8 Å². The number of tetrazole rings is 1. The molecule has 71 heavy (non-hydrogen) atoms. The van der Waals surface area contributed by atoms with Crippen molar-refractivity contribution in [2.24, 2.45) is 5.92 Å². The van der Waals surface area contributed by atoms with Gasteiger partial charge in [0.25, 0.3) is 17.7 Å². The number of nitrogens with zero attached hydrogens (tertiary/aromatic N) is 13. The highest BCUT2D eigenvalue weighted by atomic mass is 16.2. The number of aromatic amines is 1. The zero-order chi connectivity index (χ0) is 49.1. The van der Waals surface area contributed by atoms with Gasteiger partial charge in [0.15, 0.2) is 0 Å². The van der Waals surface area contributed by atoms with Crippen molar-refractivity contribution in [3.63, 3.8) is 0 Å². The number of aromatic nitrogens is 7. The molecule has 0 spiro atoms. The van der Waals surface area contributed by atoms with Gasteiger partial charge < -0.3 is 24.9 Å². The summed E-state index contributed by atoms with van der Waals surface area (Å²) in [6.45, 7) is 17.8. The minimum Gasteiger partial charge on any atom is -0.369 e. The van der Waals surface area contributed by atoms with Crippen molar-refractivity contribution in [3.8, 4) is 11.3 Å². The van der Waals surface area contributed by atoms with Crippen molar-refractivity contribution in [1.82, 2.24) is 60.3 Å². The molecule has 21 heteroatoms. The summed E-state index contributed by atoms with van der Waals surface area (Å²) in [4.78, 5) is 84.6. The van der Waals surface area contributed by atoms with E-state index in [1.807, 2.05) is 62.3 Å². The lowest BCUT2D eigenvalue weighted by Crippen LogP contribution is -2.54. The van der Waals surface area contributed by atoms with Crippen LogP contribution in [0.15, 0.2) is 66.0 Å². The normalized spacial score (nSPS) is 23.0. The average Bonchev–Trinajstić information content (AvgIpc) is 4.10. The SMILES string of the molecule is CC1=C(C(=O)Nc2ccc3[nH]nc(-c4ccnc(N5CCN(CCN6CCC(CN7CCN(c8ccc9c(c8)C(=O)N(C8CCC(=O)NC8=O)C9=O)CC7)CC6)[C@@H](C)C5)c4)c3c2)C(C)n2nnnc2N1C. The van der Waals surface area contributed by atoms with Crippen LogP contribution in [0.5, 0.6) is 0 Å². The number of nitrogens with one attached hydrogen (secondary N) is 3. The van der Waals surface area contributed by atoms with E-state index in [1.165, 1.54) is 12.8 Å². The molecule has 4 saturated heterocycles. The van der Waals surface area contributed by atoms with Crippen molar-refractivity contribution >= 4 is 63.6 Å². The highest BCUT2D eigenvalue weighted by molar-refractivity contribution is 6.23. The fourth-order valence-electron chi connectivity index (χ4n) is 11.4. The van der Waals surface area contributed by atoms with E-state index in [9.17, 15) is 24.0 Å². The lowest BCUT2D eigenvalue weighted by molar-refractivity contribution is -0.136. The van der Waals surface area contributed by atoms with Crippen molar-refractivity contribution in [1.29, 1.82) is 0 Å². The number of piperazine rings is 2. The maximum absolute atomic E-state index is 13.7. The highest BCUT2D eigenvalue weighted by Crippen LogP contribution is 2.35. The van der Waals surface area contributed by atoms with Crippen molar-refractivity contribution in [3.05, 3.63) is 77.1 Å². The number of carbonyl (C=O) groups excluding carboxylic acids is 5. The minimum atomic E-state index is -0.966. The van der Waals surface area contributed by atoms with Crippen LogP contribution in [0.25, 0.3) is 22.2 Å². The number of hydrogen-bond donors (Lipinski definition) is 3. The number of pyridine rings is 1. The van der Waals surface area contributed by atoms with Gasteiger partial charge in [-0.05, 0) is 118 Å². The first-order valence-corrected chi connectivity index (χ1v) is 24.9. The molecule has 3 atom stereocenters. The first-order valence-electron chi connectivity index (χ1n) is 24.9. The molecular formula is C50H60N16O5. The number of H-pyrrole nitrogens is 1. The number of amides is 5. The maximum atomic E-state index is 13.7. The summed E-state index contributed by atoms with van der Waals surface area (Å²) in [7, 11) is 1.85. The monoisotopic (exact) mass is 964 g/mol. The van der Waals surface area contributed by atoms with Crippen LogP contribution in [0.1, 0.15) is 73.2 Å². The predicted octanol–water partition coefficient (Wildman–Crippen LogP) is 2.98. The lowest BCUT2D eigenvalue weighted by atomic mass is 9.96. The summed E-state index contributed by atoms with van der Waals surface area (Å²) in [5.41, 5.74) is 6.21. The highest BCUT2D eigenvalue weighted by Gasteiger charge is 2.45. The van der Waals surface area contributed by atoms with Crippen molar-refractivity contribution in [2.75, 3.05) is 106 Å². The number of rotatable bonds is 11. The van der Waals surface area contributed by atoms with Crippen LogP contribution >= 0.6 is 0 Å². The van der Waals surface area contributed by atoms with E-state index in [4.69, 9.17) is 10.1 Å². The summed E-state index contributed by atoms with van der Waals surface area (Å²) in [5.74, 6) is 0.0412. The van der Waals surface area contributed by atoms with E-state index in [2.05, 4.69) is 68.7 Å². The molecule has 21 nitrogen and oxygen atoms in total. The van der Waals surface area contributed by atoms with Crippen molar-refractivity contribution < 1.29 is 24.0 Å². The second-order valence-electron chi connectivity index (χ2n) is 19.9. The molecule has 0 saturated carbocycles. The van der Waals surface area contributed by atoms with Gasteiger partial charge in [0.2, 0.25) is 17.8 Å². The molecule has 2 aromatic carbocycles. The van der Waals surface area contributed by atoms with Gasteiger partial charge in [-0.15, -0.1) is 0 Å². The summed E-state index contributed by atoms with van der Waals surface area (Å²) in [5, 5.41) is 26.2. The Morgan fingerprint density at radius 3 is 2.41 bits per heavy atom. The molecule has 9 heterocycles. The Balaban J connectivity index is 0.629. The lowest BCUT2D eigenvalue weighted by Gasteiger charge is -2.42. The average molecular weight is 965 g/mol. The predicted molar refractivity (Wildman–Crippen MR) is 266 cm³/mol. The van der Waals surface area contributed by atoms with Crippen LogP contribution in [-0.4, -0.2) is 182 Å². The van der Waals surface area contributed by atoms with E-state index in [-0.39, 0.29) is 30.7 Å². The molecule has 6 aliphatic heterocycles. The maximum Gasteiger partial charge on any atom is 0.262 e. The molecule has 370 valence electrons. The Morgan fingerprint density at radius 1 is 0.831 bits per heavy atom. The summed E-state index contributed by atoms with van der Waals surface area (Å²) < 4.78 is 1.65. The molecule has 0 radical (unpaired) electrons. The molecule has 0 bridgehead atoms. The number of carbonyl (C=O) groups is 5. The number of likely N-dealkylation sites (tertiary alicyclic amines) is 1. The number of piperidine rings is 2. The third-order valence-electron chi connectivity index (χ3n) is 15.7. The number of anilines is 4. The van der Waals surface area contributed by atoms with E-state index in [0.717, 1.165) is 123 Å². The zero-order valence-electron chi connectivity index (χ0n) is 40.7. The van der Waals surface area contributed by atoms with Gasteiger partial charge in [-0.25, -0.2) is 9.67 Å². The molecule has 5 aromatic rings. The third kappa shape index (κ3) is 8.79.